The van der Waals surface area contributed by atoms with Crippen molar-refractivity contribution in [3.8, 4) is 0 Å². The fraction of sp³-hybridized carbons (Fsp3) is 0.375. The molecule has 1 saturated heterocycles. The molecule has 0 saturated carbocycles. The van der Waals surface area contributed by atoms with Crippen LogP contribution < -0.4 is 10.6 Å². The van der Waals surface area contributed by atoms with Gasteiger partial charge in [0.15, 0.2) is 0 Å². The van der Waals surface area contributed by atoms with Gasteiger partial charge in [-0.3, -0.25) is 9.59 Å². The van der Waals surface area contributed by atoms with Gasteiger partial charge in [-0.05, 0) is 57.4 Å². The highest BCUT2D eigenvalue weighted by molar-refractivity contribution is 6.35. The van der Waals surface area contributed by atoms with Gasteiger partial charge in [0.2, 0.25) is 5.91 Å². The van der Waals surface area contributed by atoms with E-state index < -0.39 is 6.04 Å². The van der Waals surface area contributed by atoms with Crippen molar-refractivity contribution >= 4 is 40.9 Å². The average Bonchev–Trinajstić information content (AvgIpc) is 3.41. The van der Waals surface area contributed by atoms with E-state index >= 15 is 0 Å². The van der Waals surface area contributed by atoms with Crippen molar-refractivity contribution in [3.63, 3.8) is 0 Å². The Labute approximate surface area is 187 Å². The molecule has 3 heterocycles. The number of likely N-dealkylation sites (tertiary alicyclic amines) is 1. The lowest BCUT2D eigenvalue weighted by molar-refractivity contribution is -0.119. The van der Waals surface area contributed by atoms with Crippen LogP contribution in [-0.4, -0.2) is 59.3 Å². The van der Waals surface area contributed by atoms with Gasteiger partial charge in [-0.25, -0.2) is 4.79 Å². The van der Waals surface area contributed by atoms with Crippen LogP contribution in [0.5, 0.6) is 0 Å². The largest absolute Gasteiger partial charge is 0.357 e. The third-order valence-corrected chi connectivity index (χ3v) is 6.15. The maximum absolute atomic E-state index is 13.0. The molecule has 3 N–H and O–H groups in total. The molecule has 1 aromatic carbocycles. The monoisotopic (exact) mass is 435 g/mol. The molecule has 32 heavy (non-hydrogen) atoms. The molecule has 1 atom stereocenters. The molecular formula is C24H29N5O3. The normalized spacial score (nSPS) is 18.7. The molecule has 4 rings (SSSR count). The number of amides is 4. The van der Waals surface area contributed by atoms with Gasteiger partial charge in [0.25, 0.3) is 5.91 Å². The summed E-state index contributed by atoms with van der Waals surface area (Å²) >= 11 is 0. The summed E-state index contributed by atoms with van der Waals surface area (Å²) in [5.74, 6) is -0.340. The van der Waals surface area contributed by atoms with Crippen molar-refractivity contribution in [2.45, 2.75) is 39.7 Å². The zero-order valence-corrected chi connectivity index (χ0v) is 19.1. The molecule has 0 bridgehead atoms. The quantitative estimate of drug-likeness (QED) is 0.644. The van der Waals surface area contributed by atoms with E-state index in [9.17, 15) is 14.4 Å². The minimum atomic E-state index is -0.490. The number of H-pyrrole nitrogens is 1. The number of hydrogen-bond donors (Lipinski definition) is 3. The SMILES string of the molecule is Cc1ccc2c(c1)/C(=C/c1[nH]c(C)c(NC(=O)[C@H]3CCCN3C(=O)N(C)C)c1C)C(=O)N2. The molecule has 2 aromatic rings. The maximum atomic E-state index is 13.0. The van der Waals surface area contributed by atoms with Gasteiger partial charge in [0, 0.05) is 43.3 Å². The van der Waals surface area contributed by atoms with Crippen LogP contribution in [0.4, 0.5) is 16.2 Å². The van der Waals surface area contributed by atoms with Crippen molar-refractivity contribution in [3.05, 3.63) is 46.3 Å². The first-order valence-electron chi connectivity index (χ1n) is 10.8. The number of anilines is 2. The lowest BCUT2D eigenvalue weighted by atomic mass is 10.0. The number of hydrogen-bond acceptors (Lipinski definition) is 3. The van der Waals surface area contributed by atoms with E-state index in [0.29, 0.717) is 24.2 Å². The number of nitrogens with zero attached hydrogens (tertiary/aromatic N) is 2. The Balaban J connectivity index is 1.60. The number of aryl methyl sites for hydroxylation is 2. The maximum Gasteiger partial charge on any atom is 0.320 e. The fourth-order valence-electron chi connectivity index (χ4n) is 4.43. The standard InChI is InChI=1S/C24H29N5O3/c1-13-8-9-18-16(11-13)17(22(30)26-18)12-19-14(2)21(15(3)25-19)27-23(31)20-7-6-10-29(20)24(32)28(4)5/h8-9,11-12,20,25H,6-7,10H2,1-5H3,(H,26,30)(H,27,31)/b17-12-/t20-/m1/s1. The number of carbonyl (C=O) groups is 3. The smallest absolute Gasteiger partial charge is 0.320 e. The number of urea groups is 1. The van der Waals surface area contributed by atoms with Crippen molar-refractivity contribution < 1.29 is 14.4 Å². The third-order valence-electron chi connectivity index (χ3n) is 6.15. The Kier molecular flexibility index (Phi) is 5.54. The summed E-state index contributed by atoms with van der Waals surface area (Å²) in [5.41, 5.74) is 6.44. The van der Waals surface area contributed by atoms with E-state index in [-0.39, 0.29) is 17.8 Å². The van der Waals surface area contributed by atoms with Gasteiger partial charge in [-0.15, -0.1) is 0 Å². The molecule has 0 unspecified atom stereocenters. The van der Waals surface area contributed by atoms with Crippen molar-refractivity contribution in [2.75, 3.05) is 31.3 Å². The highest BCUT2D eigenvalue weighted by Crippen LogP contribution is 2.35. The molecule has 0 spiro atoms. The second-order valence-corrected chi connectivity index (χ2v) is 8.74. The molecule has 8 nitrogen and oxygen atoms in total. The molecule has 1 fully saturated rings. The van der Waals surface area contributed by atoms with Crippen LogP contribution in [0.3, 0.4) is 0 Å². The predicted molar refractivity (Wildman–Crippen MR) is 125 cm³/mol. The molecule has 8 heteroatoms. The van der Waals surface area contributed by atoms with Crippen molar-refractivity contribution in [1.29, 1.82) is 0 Å². The Hall–Kier alpha value is -3.55. The summed E-state index contributed by atoms with van der Waals surface area (Å²) in [6.07, 6.45) is 3.27. The minimum absolute atomic E-state index is 0.147. The topological polar surface area (TPSA) is 97.5 Å². The van der Waals surface area contributed by atoms with Gasteiger partial charge < -0.3 is 25.4 Å². The first-order chi connectivity index (χ1) is 15.2. The number of aromatic nitrogens is 1. The van der Waals surface area contributed by atoms with Gasteiger partial charge in [0.1, 0.15) is 6.04 Å². The van der Waals surface area contributed by atoms with Crippen molar-refractivity contribution in [1.82, 2.24) is 14.8 Å². The molecule has 2 aliphatic rings. The van der Waals surface area contributed by atoms with Gasteiger partial charge >= 0.3 is 6.03 Å². The second kappa shape index (κ2) is 8.18. The summed E-state index contributed by atoms with van der Waals surface area (Å²) in [6.45, 7) is 6.36. The zero-order valence-electron chi connectivity index (χ0n) is 19.1. The number of carbonyl (C=O) groups excluding carboxylic acids is 3. The molecule has 0 radical (unpaired) electrons. The molecule has 168 valence electrons. The highest BCUT2D eigenvalue weighted by atomic mass is 16.2. The summed E-state index contributed by atoms with van der Waals surface area (Å²) in [6, 6.07) is 5.22. The molecule has 0 aliphatic carbocycles. The van der Waals surface area contributed by atoms with Crippen LogP contribution in [0, 0.1) is 20.8 Å². The fourth-order valence-corrected chi connectivity index (χ4v) is 4.43. The Bertz CT molecular complexity index is 1140. The number of benzene rings is 1. The summed E-state index contributed by atoms with van der Waals surface area (Å²) < 4.78 is 0. The third kappa shape index (κ3) is 3.77. The van der Waals surface area contributed by atoms with Crippen molar-refractivity contribution in [2.24, 2.45) is 0 Å². The van der Waals surface area contributed by atoms with E-state index in [1.807, 2.05) is 45.0 Å². The Morgan fingerprint density at radius 2 is 1.97 bits per heavy atom. The van der Waals surface area contributed by atoms with Crippen LogP contribution in [0.1, 0.15) is 40.9 Å². The molecule has 4 amide bonds. The molecular weight excluding hydrogens is 406 g/mol. The Morgan fingerprint density at radius 3 is 2.69 bits per heavy atom. The lowest BCUT2D eigenvalue weighted by Gasteiger charge is -2.27. The van der Waals surface area contributed by atoms with E-state index in [1.165, 1.54) is 4.90 Å². The first-order valence-corrected chi connectivity index (χ1v) is 10.8. The first kappa shape index (κ1) is 21.7. The highest BCUT2D eigenvalue weighted by Gasteiger charge is 2.35. The van der Waals surface area contributed by atoms with Crippen LogP contribution in [0.15, 0.2) is 18.2 Å². The van der Waals surface area contributed by atoms with E-state index in [0.717, 1.165) is 40.2 Å². The zero-order chi connectivity index (χ0) is 23.2. The van der Waals surface area contributed by atoms with Crippen LogP contribution in [-0.2, 0) is 9.59 Å². The van der Waals surface area contributed by atoms with E-state index in [4.69, 9.17) is 0 Å². The average molecular weight is 436 g/mol. The number of aromatic amines is 1. The van der Waals surface area contributed by atoms with Gasteiger partial charge in [-0.2, -0.15) is 0 Å². The van der Waals surface area contributed by atoms with Crippen LogP contribution in [0.25, 0.3) is 11.6 Å². The van der Waals surface area contributed by atoms with E-state index in [2.05, 4.69) is 15.6 Å². The van der Waals surface area contributed by atoms with Crippen LogP contribution in [0.2, 0.25) is 0 Å². The molecule has 1 aromatic heterocycles. The minimum Gasteiger partial charge on any atom is -0.357 e. The summed E-state index contributed by atoms with van der Waals surface area (Å²) in [7, 11) is 3.38. The second-order valence-electron chi connectivity index (χ2n) is 8.74. The van der Waals surface area contributed by atoms with E-state index in [1.54, 1.807) is 19.0 Å². The number of nitrogens with one attached hydrogen (secondary N) is 3. The van der Waals surface area contributed by atoms with Gasteiger partial charge in [0.05, 0.1) is 11.3 Å². The predicted octanol–water partition coefficient (Wildman–Crippen LogP) is 3.52. The number of fused-ring (bicyclic) bond motifs is 1. The Morgan fingerprint density at radius 1 is 1.22 bits per heavy atom. The molecule has 2 aliphatic heterocycles. The van der Waals surface area contributed by atoms with Crippen LogP contribution >= 0.6 is 0 Å². The van der Waals surface area contributed by atoms with Gasteiger partial charge in [-0.1, -0.05) is 11.6 Å². The summed E-state index contributed by atoms with van der Waals surface area (Å²) in [5, 5.41) is 5.91. The lowest BCUT2D eigenvalue weighted by Crippen LogP contribution is -2.47. The number of rotatable bonds is 3. The summed E-state index contributed by atoms with van der Waals surface area (Å²) in [4.78, 5) is 44.4.